The SMILES string of the molecule is CCOC(=O)[C@@](C)(O)CC(=O)Oc1ccccc1. The van der Waals surface area contributed by atoms with Gasteiger partial charge < -0.3 is 14.6 Å². The molecule has 0 bridgehead atoms. The first kappa shape index (κ1) is 14.2. The molecule has 0 aliphatic rings. The summed E-state index contributed by atoms with van der Waals surface area (Å²) < 4.78 is 9.63. The van der Waals surface area contributed by atoms with Crippen molar-refractivity contribution in [1.29, 1.82) is 0 Å². The van der Waals surface area contributed by atoms with Gasteiger partial charge in [0.05, 0.1) is 13.0 Å². The molecule has 0 heterocycles. The lowest BCUT2D eigenvalue weighted by molar-refractivity contribution is -0.167. The monoisotopic (exact) mass is 252 g/mol. The van der Waals surface area contributed by atoms with E-state index in [-0.39, 0.29) is 6.61 Å². The minimum Gasteiger partial charge on any atom is -0.464 e. The highest BCUT2D eigenvalue weighted by molar-refractivity contribution is 5.85. The maximum atomic E-state index is 11.5. The Kier molecular flexibility index (Phi) is 4.85. The molecule has 18 heavy (non-hydrogen) atoms. The Hall–Kier alpha value is -1.88. The molecule has 5 heteroatoms. The van der Waals surface area contributed by atoms with Gasteiger partial charge in [0, 0.05) is 0 Å². The summed E-state index contributed by atoms with van der Waals surface area (Å²) >= 11 is 0. The molecule has 0 amide bonds. The molecule has 1 rings (SSSR count). The van der Waals surface area contributed by atoms with Gasteiger partial charge in [0.2, 0.25) is 0 Å². The first-order valence-electron chi connectivity index (χ1n) is 5.61. The first-order valence-corrected chi connectivity index (χ1v) is 5.61. The Morgan fingerprint density at radius 1 is 1.28 bits per heavy atom. The molecule has 0 saturated carbocycles. The van der Waals surface area contributed by atoms with E-state index >= 15 is 0 Å². The number of ether oxygens (including phenoxy) is 2. The van der Waals surface area contributed by atoms with Crippen molar-refractivity contribution in [2.45, 2.75) is 25.9 Å². The summed E-state index contributed by atoms with van der Waals surface area (Å²) in [6.45, 7) is 2.98. The third kappa shape index (κ3) is 4.18. The molecule has 1 atom stereocenters. The third-order valence-electron chi connectivity index (χ3n) is 2.18. The van der Waals surface area contributed by atoms with Crippen LogP contribution < -0.4 is 4.74 Å². The van der Waals surface area contributed by atoms with Crippen molar-refractivity contribution in [2.24, 2.45) is 0 Å². The standard InChI is InChI=1S/C13H16O5/c1-3-17-12(15)13(2,16)9-11(14)18-10-7-5-4-6-8-10/h4-8,16H,3,9H2,1-2H3/t13-/m0/s1. The average Bonchev–Trinajstić information content (AvgIpc) is 2.29. The number of hydrogen-bond acceptors (Lipinski definition) is 5. The molecule has 98 valence electrons. The molecule has 0 spiro atoms. The number of carbonyl (C=O) groups excluding carboxylic acids is 2. The van der Waals surface area contributed by atoms with Gasteiger partial charge >= 0.3 is 11.9 Å². The second kappa shape index (κ2) is 6.16. The van der Waals surface area contributed by atoms with Crippen LogP contribution in [0.25, 0.3) is 0 Å². The molecule has 0 radical (unpaired) electrons. The number of aliphatic hydroxyl groups is 1. The Labute approximate surface area is 105 Å². The summed E-state index contributed by atoms with van der Waals surface area (Å²) in [5, 5.41) is 9.79. The van der Waals surface area contributed by atoms with E-state index in [2.05, 4.69) is 4.74 Å². The van der Waals surface area contributed by atoms with Crippen molar-refractivity contribution < 1.29 is 24.2 Å². The second-order valence-electron chi connectivity index (χ2n) is 3.96. The summed E-state index contributed by atoms with van der Waals surface area (Å²) in [7, 11) is 0. The zero-order valence-corrected chi connectivity index (χ0v) is 10.4. The van der Waals surface area contributed by atoms with Crippen molar-refractivity contribution in [2.75, 3.05) is 6.61 Å². The Morgan fingerprint density at radius 2 is 1.89 bits per heavy atom. The van der Waals surface area contributed by atoms with Gasteiger partial charge in [0.25, 0.3) is 0 Å². The Balaban J connectivity index is 2.56. The molecule has 1 aromatic rings. The van der Waals surface area contributed by atoms with E-state index in [9.17, 15) is 14.7 Å². The average molecular weight is 252 g/mol. The van der Waals surface area contributed by atoms with Crippen molar-refractivity contribution in [3.05, 3.63) is 30.3 Å². The largest absolute Gasteiger partial charge is 0.464 e. The van der Waals surface area contributed by atoms with Gasteiger partial charge in [-0.2, -0.15) is 0 Å². The zero-order valence-electron chi connectivity index (χ0n) is 10.4. The number of carbonyl (C=O) groups is 2. The lowest BCUT2D eigenvalue weighted by Gasteiger charge is -2.19. The van der Waals surface area contributed by atoms with Crippen LogP contribution in [0.3, 0.4) is 0 Å². The summed E-state index contributed by atoms with van der Waals surface area (Å²) in [4.78, 5) is 22.9. The molecule has 0 saturated heterocycles. The van der Waals surface area contributed by atoms with Crippen LogP contribution in [-0.4, -0.2) is 29.3 Å². The predicted octanol–water partition coefficient (Wildman–Crippen LogP) is 1.30. The summed E-state index contributed by atoms with van der Waals surface area (Å²) in [5.74, 6) is -1.17. The summed E-state index contributed by atoms with van der Waals surface area (Å²) in [5.41, 5.74) is -1.87. The molecule has 0 aromatic heterocycles. The molecular weight excluding hydrogens is 236 g/mol. The van der Waals surface area contributed by atoms with Crippen LogP contribution in [0, 0.1) is 0 Å². The van der Waals surface area contributed by atoms with Crippen LogP contribution in [0.1, 0.15) is 20.3 Å². The number of benzene rings is 1. The number of rotatable bonds is 5. The molecule has 0 unspecified atom stereocenters. The zero-order chi connectivity index (χ0) is 13.6. The highest BCUT2D eigenvalue weighted by Gasteiger charge is 2.35. The number of hydrogen-bond donors (Lipinski definition) is 1. The van der Waals surface area contributed by atoms with Crippen LogP contribution in [0.15, 0.2) is 30.3 Å². The van der Waals surface area contributed by atoms with Gasteiger partial charge in [-0.15, -0.1) is 0 Å². The molecule has 0 aliphatic carbocycles. The van der Waals surface area contributed by atoms with E-state index in [4.69, 9.17) is 4.74 Å². The fraction of sp³-hybridized carbons (Fsp3) is 0.385. The van der Waals surface area contributed by atoms with Crippen LogP contribution in [0.2, 0.25) is 0 Å². The van der Waals surface area contributed by atoms with Crippen molar-refractivity contribution >= 4 is 11.9 Å². The van der Waals surface area contributed by atoms with Crippen molar-refractivity contribution in [3.8, 4) is 5.75 Å². The highest BCUT2D eigenvalue weighted by Crippen LogP contribution is 2.15. The lowest BCUT2D eigenvalue weighted by atomic mass is 10.0. The summed E-state index contributed by atoms with van der Waals surface area (Å²) in [6.07, 6.45) is -0.458. The van der Waals surface area contributed by atoms with Crippen LogP contribution in [0.4, 0.5) is 0 Å². The van der Waals surface area contributed by atoms with Gasteiger partial charge in [-0.1, -0.05) is 18.2 Å². The lowest BCUT2D eigenvalue weighted by Crippen LogP contribution is -2.40. The smallest absolute Gasteiger partial charge is 0.338 e. The van der Waals surface area contributed by atoms with E-state index in [1.807, 2.05) is 0 Å². The number of esters is 2. The minimum absolute atomic E-state index is 0.142. The molecule has 5 nitrogen and oxygen atoms in total. The van der Waals surface area contributed by atoms with E-state index in [0.717, 1.165) is 0 Å². The predicted molar refractivity (Wildman–Crippen MR) is 64.0 cm³/mol. The fourth-order valence-corrected chi connectivity index (χ4v) is 1.30. The van der Waals surface area contributed by atoms with Crippen LogP contribution >= 0.6 is 0 Å². The van der Waals surface area contributed by atoms with Gasteiger partial charge in [0.1, 0.15) is 5.75 Å². The fourth-order valence-electron chi connectivity index (χ4n) is 1.30. The van der Waals surface area contributed by atoms with Gasteiger partial charge in [-0.3, -0.25) is 4.79 Å². The third-order valence-corrected chi connectivity index (χ3v) is 2.18. The maximum Gasteiger partial charge on any atom is 0.338 e. The van der Waals surface area contributed by atoms with E-state index in [1.54, 1.807) is 37.3 Å². The van der Waals surface area contributed by atoms with E-state index in [0.29, 0.717) is 5.75 Å². The molecular formula is C13H16O5. The second-order valence-corrected chi connectivity index (χ2v) is 3.96. The molecule has 0 fully saturated rings. The normalized spacial score (nSPS) is 13.5. The van der Waals surface area contributed by atoms with Crippen LogP contribution in [0.5, 0.6) is 5.75 Å². The van der Waals surface area contributed by atoms with Crippen molar-refractivity contribution in [3.63, 3.8) is 0 Å². The number of para-hydroxylation sites is 1. The highest BCUT2D eigenvalue weighted by atomic mass is 16.6. The van der Waals surface area contributed by atoms with Gasteiger partial charge in [0.15, 0.2) is 5.60 Å². The Morgan fingerprint density at radius 3 is 2.44 bits per heavy atom. The molecule has 1 N–H and O–H groups in total. The maximum absolute atomic E-state index is 11.5. The molecule has 0 aliphatic heterocycles. The summed E-state index contributed by atoms with van der Waals surface area (Å²) in [6, 6.07) is 8.43. The first-order chi connectivity index (χ1) is 8.45. The topological polar surface area (TPSA) is 72.8 Å². The van der Waals surface area contributed by atoms with E-state index in [1.165, 1.54) is 6.92 Å². The minimum atomic E-state index is -1.87. The quantitative estimate of drug-likeness (QED) is 0.631. The Bertz CT molecular complexity index is 411. The van der Waals surface area contributed by atoms with Crippen LogP contribution in [-0.2, 0) is 14.3 Å². The van der Waals surface area contributed by atoms with Crippen molar-refractivity contribution in [1.82, 2.24) is 0 Å². The van der Waals surface area contributed by atoms with Gasteiger partial charge in [-0.05, 0) is 26.0 Å². The van der Waals surface area contributed by atoms with Gasteiger partial charge in [-0.25, -0.2) is 4.79 Å². The molecule has 1 aromatic carbocycles. The van der Waals surface area contributed by atoms with E-state index < -0.39 is 24.0 Å².